The standard InChI is InChI=1S/C20H22N4O3/c1-4-14(3)24-18(9-10-21-24)23-19(25)15-7-8-16(13(2)12-15)22-20(26)17-6-5-11-27-17/h5-12,14H,4H2,1-3H3,(H,22,26)(H,23,25)/t14-/m0/s1. The molecule has 0 saturated carbocycles. The zero-order chi connectivity index (χ0) is 19.4. The van der Waals surface area contributed by atoms with Crippen LogP contribution in [-0.4, -0.2) is 21.6 Å². The number of nitrogens with one attached hydrogen (secondary N) is 2. The third kappa shape index (κ3) is 4.08. The summed E-state index contributed by atoms with van der Waals surface area (Å²) in [7, 11) is 0. The number of hydrogen-bond donors (Lipinski definition) is 2. The van der Waals surface area contributed by atoms with E-state index in [4.69, 9.17) is 4.42 Å². The van der Waals surface area contributed by atoms with E-state index in [1.165, 1.54) is 6.26 Å². The Morgan fingerprint density at radius 1 is 1.19 bits per heavy atom. The third-order valence-electron chi connectivity index (χ3n) is 4.40. The van der Waals surface area contributed by atoms with Crippen LogP contribution in [0.15, 0.2) is 53.3 Å². The van der Waals surface area contributed by atoms with E-state index in [1.807, 2.05) is 13.8 Å². The molecular weight excluding hydrogens is 344 g/mol. The topological polar surface area (TPSA) is 89.2 Å². The van der Waals surface area contributed by atoms with Gasteiger partial charge in [0.1, 0.15) is 5.82 Å². The number of carbonyl (C=O) groups is 2. The zero-order valence-electron chi connectivity index (χ0n) is 15.5. The Kier molecular flexibility index (Phi) is 5.40. The van der Waals surface area contributed by atoms with Gasteiger partial charge in [-0.25, -0.2) is 4.68 Å². The van der Waals surface area contributed by atoms with Crippen LogP contribution < -0.4 is 10.6 Å². The van der Waals surface area contributed by atoms with Crippen LogP contribution in [-0.2, 0) is 0 Å². The third-order valence-corrected chi connectivity index (χ3v) is 4.40. The molecule has 2 N–H and O–H groups in total. The number of carbonyl (C=O) groups excluding carboxylic acids is 2. The van der Waals surface area contributed by atoms with Crippen LogP contribution in [0.3, 0.4) is 0 Å². The van der Waals surface area contributed by atoms with E-state index in [-0.39, 0.29) is 23.6 Å². The summed E-state index contributed by atoms with van der Waals surface area (Å²) in [5, 5.41) is 9.94. The van der Waals surface area contributed by atoms with Crippen molar-refractivity contribution in [3.8, 4) is 0 Å². The molecule has 27 heavy (non-hydrogen) atoms. The number of aromatic nitrogens is 2. The zero-order valence-corrected chi connectivity index (χ0v) is 15.5. The van der Waals surface area contributed by atoms with E-state index in [9.17, 15) is 9.59 Å². The summed E-state index contributed by atoms with van der Waals surface area (Å²) in [6, 6.07) is 10.3. The monoisotopic (exact) mass is 366 g/mol. The maximum absolute atomic E-state index is 12.6. The lowest BCUT2D eigenvalue weighted by Crippen LogP contribution is -2.18. The van der Waals surface area contributed by atoms with Gasteiger partial charge in [0.25, 0.3) is 11.8 Å². The molecule has 0 aliphatic heterocycles. The summed E-state index contributed by atoms with van der Waals surface area (Å²) in [6.07, 6.45) is 4.02. The summed E-state index contributed by atoms with van der Waals surface area (Å²) in [4.78, 5) is 24.7. The first kappa shape index (κ1) is 18.4. The molecule has 2 aromatic heterocycles. The number of anilines is 2. The molecule has 0 bridgehead atoms. The highest BCUT2D eigenvalue weighted by molar-refractivity contribution is 6.05. The Hall–Kier alpha value is -3.35. The lowest BCUT2D eigenvalue weighted by atomic mass is 10.1. The molecule has 0 fully saturated rings. The summed E-state index contributed by atoms with van der Waals surface area (Å²) in [5.41, 5.74) is 1.90. The molecule has 1 atom stereocenters. The molecule has 2 heterocycles. The van der Waals surface area contributed by atoms with Crippen molar-refractivity contribution in [1.29, 1.82) is 0 Å². The van der Waals surface area contributed by atoms with Crippen molar-refractivity contribution in [3.63, 3.8) is 0 Å². The lowest BCUT2D eigenvalue weighted by Gasteiger charge is -2.14. The van der Waals surface area contributed by atoms with E-state index in [2.05, 4.69) is 22.7 Å². The molecule has 140 valence electrons. The molecule has 7 heteroatoms. The summed E-state index contributed by atoms with van der Waals surface area (Å²) in [6.45, 7) is 5.94. The van der Waals surface area contributed by atoms with Gasteiger partial charge in [-0.2, -0.15) is 5.10 Å². The van der Waals surface area contributed by atoms with Crippen molar-refractivity contribution in [2.45, 2.75) is 33.2 Å². The van der Waals surface area contributed by atoms with Crippen LogP contribution in [0, 0.1) is 6.92 Å². The van der Waals surface area contributed by atoms with Crippen molar-refractivity contribution in [1.82, 2.24) is 9.78 Å². The van der Waals surface area contributed by atoms with Gasteiger partial charge < -0.3 is 15.1 Å². The maximum Gasteiger partial charge on any atom is 0.291 e. The number of hydrogen-bond acceptors (Lipinski definition) is 4. The molecular formula is C20H22N4O3. The fourth-order valence-electron chi connectivity index (χ4n) is 2.66. The molecule has 3 rings (SSSR count). The van der Waals surface area contributed by atoms with Gasteiger partial charge in [0, 0.05) is 17.3 Å². The fraction of sp³-hybridized carbons (Fsp3) is 0.250. The van der Waals surface area contributed by atoms with Gasteiger partial charge in [-0.1, -0.05) is 6.92 Å². The number of aryl methyl sites for hydroxylation is 1. The Morgan fingerprint density at radius 2 is 2.00 bits per heavy atom. The largest absolute Gasteiger partial charge is 0.459 e. The summed E-state index contributed by atoms with van der Waals surface area (Å²) in [5.74, 6) is 0.321. The normalized spacial score (nSPS) is 11.8. The van der Waals surface area contributed by atoms with Crippen LogP contribution in [0.5, 0.6) is 0 Å². The predicted octanol–water partition coefficient (Wildman–Crippen LogP) is 4.26. The average Bonchev–Trinajstić information content (AvgIpc) is 3.34. The molecule has 0 spiro atoms. The lowest BCUT2D eigenvalue weighted by molar-refractivity contribution is 0.0995. The highest BCUT2D eigenvalue weighted by Crippen LogP contribution is 2.20. The minimum absolute atomic E-state index is 0.191. The second-order valence-electron chi connectivity index (χ2n) is 6.33. The highest BCUT2D eigenvalue weighted by Gasteiger charge is 2.15. The van der Waals surface area contributed by atoms with Crippen molar-refractivity contribution in [3.05, 3.63) is 65.7 Å². The first-order valence-corrected chi connectivity index (χ1v) is 8.80. The van der Waals surface area contributed by atoms with E-state index < -0.39 is 0 Å². The minimum Gasteiger partial charge on any atom is -0.459 e. The van der Waals surface area contributed by atoms with Crippen molar-refractivity contribution in [2.75, 3.05) is 10.6 Å². The van der Waals surface area contributed by atoms with Gasteiger partial charge in [-0.15, -0.1) is 0 Å². The predicted molar refractivity (Wildman–Crippen MR) is 103 cm³/mol. The second-order valence-corrected chi connectivity index (χ2v) is 6.33. The first-order valence-electron chi connectivity index (χ1n) is 8.80. The van der Waals surface area contributed by atoms with Crippen LogP contribution in [0.25, 0.3) is 0 Å². The second kappa shape index (κ2) is 7.90. The Morgan fingerprint density at radius 3 is 2.67 bits per heavy atom. The molecule has 0 unspecified atom stereocenters. The van der Waals surface area contributed by atoms with Crippen molar-refractivity contribution < 1.29 is 14.0 Å². The minimum atomic E-state index is -0.335. The highest BCUT2D eigenvalue weighted by atomic mass is 16.3. The molecule has 2 amide bonds. The Balaban J connectivity index is 1.72. The van der Waals surface area contributed by atoms with Gasteiger partial charge in [0.15, 0.2) is 5.76 Å². The van der Waals surface area contributed by atoms with E-state index in [0.717, 1.165) is 12.0 Å². The number of amides is 2. The van der Waals surface area contributed by atoms with Crippen molar-refractivity contribution in [2.24, 2.45) is 0 Å². The van der Waals surface area contributed by atoms with Crippen LogP contribution in [0.1, 0.15) is 52.8 Å². The fourth-order valence-corrected chi connectivity index (χ4v) is 2.66. The number of furan rings is 1. The van der Waals surface area contributed by atoms with Gasteiger partial charge in [-0.3, -0.25) is 9.59 Å². The number of nitrogens with zero attached hydrogens (tertiary/aromatic N) is 2. The summed E-state index contributed by atoms with van der Waals surface area (Å²) >= 11 is 0. The first-order chi connectivity index (χ1) is 13.0. The average molecular weight is 366 g/mol. The Bertz CT molecular complexity index is 944. The molecule has 0 aliphatic carbocycles. The van der Waals surface area contributed by atoms with Crippen LogP contribution in [0.2, 0.25) is 0 Å². The van der Waals surface area contributed by atoms with E-state index in [1.54, 1.807) is 47.3 Å². The van der Waals surface area contributed by atoms with E-state index in [0.29, 0.717) is 17.1 Å². The quantitative estimate of drug-likeness (QED) is 0.682. The van der Waals surface area contributed by atoms with Crippen LogP contribution in [0.4, 0.5) is 11.5 Å². The molecule has 0 aliphatic rings. The van der Waals surface area contributed by atoms with Gasteiger partial charge in [0.05, 0.1) is 18.5 Å². The number of benzene rings is 1. The molecule has 3 aromatic rings. The number of rotatable bonds is 6. The Labute approximate surface area is 157 Å². The SMILES string of the molecule is CC[C@H](C)n1nccc1NC(=O)c1ccc(NC(=O)c2ccco2)c(C)c1. The van der Waals surface area contributed by atoms with Gasteiger partial charge >= 0.3 is 0 Å². The molecule has 1 aromatic carbocycles. The molecule has 0 radical (unpaired) electrons. The molecule has 7 nitrogen and oxygen atoms in total. The van der Waals surface area contributed by atoms with E-state index >= 15 is 0 Å². The maximum atomic E-state index is 12.6. The molecule has 0 saturated heterocycles. The summed E-state index contributed by atoms with van der Waals surface area (Å²) < 4.78 is 6.88. The van der Waals surface area contributed by atoms with Crippen molar-refractivity contribution >= 4 is 23.3 Å². The van der Waals surface area contributed by atoms with Gasteiger partial charge in [0.2, 0.25) is 0 Å². The smallest absolute Gasteiger partial charge is 0.291 e. The van der Waals surface area contributed by atoms with Gasteiger partial charge in [-0.05, 0) is 56.2 Å². The van der Waals surface area contributed by atoms with Crippen LogP contribution >= 0.6 is 0 Å².